The first-order valence-corrected chi connectivity index (χ1v) is 14.8. The van der Waals surface area contributed by atoms with E-state index in [1.807, 2.05) is 19.1 Å². The monoisotopic (exact) mass is 615 g/mol. The number of hydroxylamine groups is 1. The van der Waals surface area contributed by atoms with Crippen LogP contribution in [0.3, 0.4) is 0 Å². The van der Waals surface area contributed by atoms with E-state index in [0.717, 1.165) is 18.4 Å². The Morgan fingerprint density at radius 2 is 1.45 bits per heavy atom. The molecule has 0 saturated heterocycles. The van der Waals surface area contributed by atoms with Crippen molar-refractivity contribution < 1.29 is 38.6 Å². The van der Waals surface area contributed by atoms with E-state index in [-0.39, 0.29) is 44.5 Å². The van der Waals surface area contributed by atoms with Crippen LogP contribution in [0.1, 0.15) is 61.4 Å². The zero-order valence-electron chi connectivity index (χ0n) is 25.3. The van der Waals surface area contributed by atoms with Crippen molar-refractivity contribution in [3.8, 4) is 0 Å². The van der Waals surface area contributed by atoms with Crippen molar-refractivity contribution in [2.75, 3.05) is 57.2 Å². The molecule has 0 aromatic heterocycles. The van der Waals surface area contributed by atoms with Gasteiger partial charge >= 0.3 is 6.09 Å². The van der Waals surface area contributed by atoms with E-state index < -0.39 is 12.0 Å². The third-order valence-corrected chi connectivity index (χ3v) is 6.43. The van der Waals surface area contributed by atoms with Gasteiger partial charge in [-0.05, 0) is 61.7 Å². The molecular weight excluding hydrogens is 570 g/mol. The van der Waals surface area contributed by atoms with Gasteiger partial charge in [-0.2, -0.15) is 0 Å². The molecule has 0 radical (unpaired) electrons. The minimum absolute atomic E-state index is 0.0977. The van der Waals surface area contributed by atoms with Gasteiger partial charge in [0.2, 0.25) is 11.8 Å². The van der Waals surface area contributed by atoms with Crippen LogP contribution in [0.2, 0.25) is 0 Å². The predicted molar refractivity (Wildman–Crippen MR) is 165 cm³/mol. The van der Waals surface area contributed by atoms with Crippen LogP contribution in [-0.4, -0.2) is 80.0 Å². The van der Waals surface area contributed by atoms with Crippen LogP contribution in [0.25, 0.3) is 0 Å². The van der Waals surface area contributed by atoms with Gasteiger partial charge in [0, 0.05) is 56.0 Å². The number of hydrogen-bond donors (Lipinski definition) is 5. The van der Waals surface area contributed by atoms with Crippen molar-refractivity contribution in [2.45, 2.75) is 52.0 Å². The quantitative estimate of drug-likeness (QED) is 0.0608. The topological polar surface area (TPSA) is 182 Å². The number of ether oxygens (including phenoxy) is 3. The third kappa shape index (κ3) is 15.3. The van der Waals surface area contributed by atoms with E-state index in [1.165, 1.54) is 0 Å². The summed E-state index contributed by atoms with van der Waals surface area (Å²) >= 11 is 0. The van der Waals surface area contributed by atoms with Gasteiger partial charge < -0.3 is 35.5 Å². The molecule has 2 rings (SSSR count). The van der Waals surface area contributed by atoms with Crippen molar-refractivity contribution in [1.82, 2.24) is 15.7 Å². The van der Waals surface area contributed by atoms with Crippen molar-refractivity contribution >= 4 is 35.2 Å². The molecule has 0 fully saturated rings. The molecule has 0 aliphatic rings. The fourth-order valence-corrected chi connectivity index (χ4v) is 4.08. The summed E-state index contributed by atoms with van der Waals surface area (Å²) in [5.74, 6) is -0.800. The number of alkyl carbamates (subject to hydrolysis) is 1. The lowest BCUT2D eigenvalue weighted by atomic mass is 10.1. The maximum atomic E-state index is 13.4. The maximum Gasteiger partial charge on any atom is 0.407 e. The van der Waals surface area contributed by atoms with Crippen LogP contribution >= 0.6 is 0 Å². The van der Waals surface area contributed by atoms with Gasteiger partial charge in [-0.25, -0.2) is 10.3 Å². The minimum Gasteiger partial charge on any atom is -0.447 e. The summed E-state index contributed by atoms with van der Waals surface area (Å²) in [6.45, 7) is 4.47. The highest BCUT2D eigenvalue weighted by Crippen LogP contribution is 2.16. The van der Waals surface area contributed by atoms with E-state index in [1.54, 1.807) is 46.8 Å². The van der Waals surface area contributed by atoms with E-state index in [9.17, 15) is 19.2 Å². The number of hydrogen-bond acceptors (Lipinski definition) is 9. The van der Waals surface area contributed by atoms with Gasteiger partial charge in [-0.3, -0.25) is 19.6 Å². The first kappa shape index (κ1) is 36.0. The van der Waals surface area contributed by atoms with Gasteiger partial charge in [0.1, 0.15) is 6.61 Å². The summed E-state index contributed by atoms with van der Waals surface area (Å²) in [7, 11) is 0. The van der Waals surface area contributed by atoms with Gasteiger partial charge in [-0.1, -0.05) is 25.0 Å². The highest BCUT2D eigenvalue weighted by molar-refractivity contribution is 5.96. The Bertz CT molecular complexity index is 1140. The number of nitrogen functional groups attached to an aromatic ring is 1. The molecule has 13 heteroatoms. The van der Waals surface area contributed by atoms with Gasteiger partial charge in [0.25, 0.3) is 5.91 Å². The number of carbonyl (C=O) groups excluding carboxylic acids is 4. The molecule has 0 spiro atoms. The molecule has 0 heterocycles. The first-order chi connectivity index (χ1) is 21.3. The number of nitrogens with zero attached hydrogens (tertiary/aromatic N) is 1. The second-order valence-corrected chi connectivity index (χ2v) is 9.92. The Labute approximate surface area is 258 Å². The number of nitrogens with one attached hydrogen (secondary N) is 3. The minimum atomic E-state index is -0.604. The molecule has 4 amide bonds. The number of amides is 4. The zero-order valence-corrected chi connectivity index (χ0v) is 25.3. The van der Waals surface area contributed by atoms with Gasteiger partial charge in [0.05, 0.1) is 19.8 Å². The van der Waals surface area contributed by atoms with Crippen molar-refractivity contribution in [2.24, 2.45) is 0 Å². The summed E-state index contributed by atoms with van der Waals surface area (Å²) in [6.07, 6.45) is 2.87. The highest BCUT2D eigenvalue weighted by Gasteiger charge is 2.17. The molecule has 242 valence electrons. The first-order valence-electron chi connectivity index (χ1n) is 14.8. The zero-order chi connectivity index (χ0) is 32.0. The number of anilines is 2. The smallest absolute Gasteiger partial charge is 0.407 e. The summed E-state index contributed by atoms with van der Waals surface area (Å²) < 4.78 is 15.6. The molecule has 44 heavy (non-hydrogen) atoms. The summed E-state index contributed by atoms with van der Waals surface area (Å²) in [5, 5.41) is 14.0. The average Bonchev–Trinajstić information content (AvgIpc) is 3.02. The summed E-state index contributed by atoms with van der Waals surface area (Å²) in [5.41, 5.74) is 9.89. The fraction of sp³-hybridized carbons (Fsp3) is 0.484. The number of benzene rings is 2. The fourth-order valence-electron chi connectivity index (χ4n) is 4.08. The SMILES string of the molecule is CCOCCOCCOC(=O)NCCN(Cc1ccc(N)cc1)C(=O)c1ccc(NC(=O)CCCCCCC(=O)NO)cc1. The largest absolute Gasteiger partial charge is 0.447 e. The Morgan fingerprint density at radius 3 is 2.11 bits per heavy atom. The van der Waals surface area contributed by atoms with E-state index in [4.69, 9.17) is 25.2 Å². The molecule has 2 aromatic carbocycles. The Balaban J connectivity index is 1.84. The summed E-state index contributed by atoms with van der Waals surface area (Å²) in [6, 6.07) is 13.8. The third-order valence-electron chi connectivity index (χ3n) is 6.43. The molecule has 13 nitrogen and oxygen atoms in total. The van der Waals surface area contributed by atoms with E-state index >= 15 is 0 Å². The average molecular weight is 616 g/mol. The lowest BCUT2D eigenvalue weighted by molar-refractivity contribution is -0.129. The molecule has 2 aromatic rings. The normalized spacial score (nSPS) is 10.6. The molecule has 6 N–H and O–H groups in total. The van der Waals surface area contributed by atoms with Crippen molar-refractivity contribution in [3.05, 3.63) is 59.7 Å². The molecule has 0 unspecified atom stereocenters. The Kier molecular flexibility index (Phi) is 17.6. The molecule has 0 bridgehead atoms. The van der Waals surface area contributed by atoms with E-state index in [2.05, 4.69) is 10.6 Å². The predicted octanol–water partition coefficient (Wildman–Crippen LogP) is 3.48. The van der Waals surface area contributed by atoms with Gasteiger partial charge in [0.15, 0.2) is 0 Å². The standard InChI is InChI=1S/C31H45N5O8/c1-2-42-19-20-43-21-22-44-31(40)33-17-18-36(23-24-9-13-26(32)14-10-24)30(39)25-11-15-27(16-12-25)34-28(37)7-5-3-4-6-8-29(38)35-41/h9-16,41H,2-8,17-23,32H2,1H3,(H,33,40)(H,34,37)(H,35,38). The lowest BCUT2D eigenvalue weighted by Crippen LogP contribution is -2.38. The van der Waals surface area contributed by atoms with Crippen molar-refractivity contribution in [3.63, 3.8) is 0 Å². The molecule has 0 atom stereocenters. The Hall–Kier alpha value is -4.20. The lowest BCUT2D eigenvalue weighted by Gasteiger charge is -2.23. The number of carbonyl (C=O) groups is 4. The Morgan fingerprint density at radius 1 is 0.818 bits per heavy atom. The van der Waals surface area contributed by atoms with Crippen LogP contribution in [0, 0.1) is 0 Å². The van der Waals surface area contributed by atoms with Gasteiger partial charge in [-0.15, -0.1) is 0 Å². The highest BCUT2D eigenvalue weighted by atomic mass is 16.6. The van der Waals surface area contributed by atoms with Crippen molar-refractivity contribution in [1.29, 1.82) is 0 Å². The summed E-state index contributed by atoms with van der Waals surface area (Å²) in [4.78, 5) is 50.5. The second-order valence-electron chi connectivity index (χ2n) is 9.92. The van der Waals surface area contributed by atoms with Crippen LogP contribution in [-0.2, 0) is 30.3 Å². The molecule has 0 aliphatic heterocycles. The molecule has 0 saturated carbocycles. The maximum absolute atomic E-state index is 13.4. The van der Waals surface area contributed by atoms with E-state index in [0.29, 0.717) is 62.6 Å². The van der Waals surface area contributed by atoms with Crippen LogP contribution in [0.5, 0.6) is 0 Å². The van der Waals surface area contributed by atoms with Crippen LogP contribution in [0.4, 0.5) is 16.2 Å². The second kappa shape index (κ2) is 21.5. The molecular formula is C31H45N5O8. The van der Waals surface area contributed by atoms with Crippen LogP contribution in [0.15, 0.2) is 48.5 Å². The number of nitrogens with two attached hydrogens (primary N) is 1. The molecule has 0 aliphatic carbocycles. The number of rotatable bonds is 21. The van der Waals surface area contributed by atoms with Crippen LogP contribution < -0.4 is 21.8 Å². The number of unbranched alkanes of at least 4 members (excludes halogenated alkanes) is 3.